The van der Waals surface area contributed by atoms with Crippen LogP contribution in [0.15, 0.2) is 0 Å². The lowest BCUT2D eigenvalue weighted by atomic mass is 9.94. The highest BCUT2D eigenvalue weighted by Gasteiger charge is 2.42. The Hall–Kier alpha value is 0.260. The SMILES string of the molecule is CCOC(=O)C1CC(OC(N)C(Cl)(Cl)Cl)CC1CC. The summed E-state index contributed by atoms with van der Waals surface area (Å²) < 4.78 is 8.95. The molecule has 0 spiro atoms. The molecule has 4 nitrogen and oxygen atoms in total. The lowest BCUT2D eigenvalue weighted by Crippen LogP contribution is -2.40. The molecular weight excluding hydrogens is 312 g/mol. The van der Waals surface area contributed by atoms with Gasteiger partial charge in [-0.3, -0.25) is 4.79 Å². The fourth-order valence-corrected chi connectivity index (χ4v) is 2.61. The first kappa shape index (κ1) is 17.3. The molecule has 19 heavy (non-hydrogen) atoms. The smallest absolute Gasteiger partial charge is 0.309 e. The van der Waals surface area contributed by atoms with E-state index in [9.17, 15) is 4.79 Å². The summed E-state index contributed by atoms with van der Waals surface area (Å²) in [5.41, 5.74) is 5.66. The zero-order valence-corrected chi connectivity index (χ0v) is 13.3. The monoisotopic (exact) mass is 331 g/mol. The number of carbonyl (C=O) groups is 1. The van der Waals surface area contributed by atoms with Gasteiger partial charge in [-0.1, -0.05) is 48.1 Å². The first-order chi connectivity index (χ1) is 8.79. The lowest BCUT2D eigenvalue weighted by molar-refractivity contribution is -0.149. The highest BCUT2D eigenvalue weighted by Crippen LogP contribution is 2.39. The number of hydrogen-bond donors (Lipinski definition) is 1. The van der Waals surface area contributed by atoms with Crippen LogP contribution in [-0.4, -0.2) is 28.7 Å². The second kappa shape index (κ2) is 7.32. The average Bonchev–Trinajstić information content (AvgIpc) is 2.71. The Labute approximate surface area is 128 Å². The van der Waals surface area contributed by atoms with E-state index in [4.69, 9.17) is 50.0 Å². The van der Waals surface area contributed by atoms with Crippen molar-refractivity contribution >= 4 is 40.8 Å². The molecule has 0 amide bonds. The van der Waals surface area contributed by atoms with Gasteiger partial charge >= 0.3 is 5.97 Å². The van der Waals surface area contributed by atoms with Crippen LogP contribution < -0.4 is 5.73 Å². The summed E-state index contributed by atoms with van der Waals surface area (Å²) >= 11 is 17.0. The van der Waals surface area contributed by atoms with Crippen molar-refractivity contribution in [1.82, 2.24) is 0 Å². The summed E-state index contributed by atoms with van der Waals surface area (Å²) in [6.45, 7) is 4.21. The van der Waals surface area contributed by atoms with Crippen LogP contribution in [-0.2, 0) is 14.3 Å². The van der Waals surface area contributed by atoms with E-state index in [1.165, 1.54) is 0 Å². The van der Waals surface area contributed by atoms with E-state index in [2.05, 4.69) is 0 Å². The maximum Gasteiger partial charge on any atom is 0.309 e. The molecule has 1 rings (SSSR count). The third kappa shape index (κ3) is 4.94. The van der Waals surface area contributed by atoms with Gasteiger partial charge in [0.2, 0.25) is 3.79 Å². The van der Waals surface area contributed by atoms with Gasteiger partial charge in [-0.15, -0.1) is 0 Å². The van der Waals surface area contributed by atoms with E-state index in [1.807, 2.05) is 6.92 Å². The van der Waals surface area contributed by atoms with E-state index in [0.717, 1.165) is 12.8 Å². The second-order valence-electron chi connectivity index (χ2n) is 4.72. The maximum atomic E-state index is 11.9. The van der Waals surface area contributed by atoms with Gasteiger partial charge in [0.05, 0.1) is 18.6 Å². The van der Waals surface area contributed by atoms with Crippen LogP contribution in [0.4, 0.5) is 0 Å². The minimum absolute atomic E-state index is 0.155. The van der Waals surface area contributed by atoms with Gasteiger partial charge in [-0.05, 0) is 25.7 Å². The summed E-state index contributed by atoms with van der Waals surface area (Å²) in [5.74, 6) is -0.105. The number of ether oxygens (including phenoxy) is 2. The molecule has 0 saturated heterocycles. The molecule has 0 aromatic heterocycles. The summed E-state index contributed by atoms with van der Waals surface area (Å²) in [6.07, 6.45) is 0.998. The van der Waals surface area contributed by atoms with Crippen molar-refractivity contribution in [2.75, 3.05) is 6.61 Å². The van der Waals surface area contributed by atoms with E-state index < -0.39 is 10.0 Å². The average molecular weight is 333 g/mol. The Kier molecular flexibility index (Phi) is 6.67. The highest BCUT2D eigenvalue weighted by atomic mass is 35.6. The molecule has 7 heteroatoms. The number of carbonyl (C=O) groups excluding carboxylic acids is 1. The number of hydrogen-bond acceptors (Lipinski definition) is 4. The van der Waals surface area contributed by atoms with Gasteiger partial charge in [0.1, 0.15) is 0 Å². The fraction of sp³-hybridized carbons (Fsp3) is 0.917. The molecule has 1 saturated carbocycles. The predicted molar refractivity (Wildman–Crippen MR) is 76.3 cm³/mol. The molecular formula is C12H20Cl3NO3. The third-order valence-electron chi connectivity index (χ3n) is 3.43. The van der Waals surface area contributed by atoms with E-state index >= 15 is 0 Å². The normalized spacial score (nSPS) is 29.3. The Morgan fingerprint density at radius 2 is 2.00 bits per heavy atom. The van der Waals surface area contributed by atoms with E-state index in [1.54, 1.807) is 6.92 Å². The van der Waals surface area contributed by atoms with Crippen molar-refractivity contribution in [3.05, 3.63) is 0 Å². The van der Waals surface area contributed by atoms with Crippen molar-refractivity contribution < 1.29 is 14.3 Å². The zero-order valence-electron chi connectivity index (χ0n) is 11.1. The summed E-state index contributed by atoms with van der Waals surface area (Å²) in [6, 6.07) is 0. The van der Waals surface area contributed by atoms with Crippen molar-refractivity contribution in [2.24, 2.45) is 17.6 Å². The Morgan fingerprint density at radius 3 is 2.47 bits per heavy atom. The van der Waals surface area contributed by atoms with Gasteiger partial charge in [0, 0.05) is 0 Å². The molecule has 112 valence electrons. The molecule has 0 aliphatic heterocycles. The molecule has 1 aliphatic rings. The van der Waals surface area contributed by atoms with Gasteiger partial charge in [0.25, 0.3) is 0 Å². The molecule has 4 unspecified atom stereocenters. The van der Waals surface area contributed by atoms with Crippen LogP contribution in [0, 0.1) is 11.8 Å². The van der Waals surface area contributed by atoms with Gasteiger partial charge in [0.15, 0.2) is 6.23 Å². The summed E-state index contributed by atoms with van der Waals surface area (Å²) in [4.78, 5) is 11.9. The van der Waals surface area contributed by atoms with Crippen molar-refractivity contribution in [3.63, 3.8) is 0 Å². The first-order valence-corrected chi connectivity index (χ1v) is 7.57. The first-order valence-electron chi connectivity index (χ1n) is 6.43. The number of alkyl halides is 3. The largest absolute Gasteiger partial charge is 0.466 e. The standard InChI is InChI=1S/C12H20Cl3NO3/c1-3-7-5-8(19-11(16)12(13,14)15)6-9(7)10(17)18-4-2/h7-9,11H,3-6,16H2,1-2H3. The van der Waals surface area contributed by atoms with Crippen LogP contribution in [0.5, 0.6) is 0 Å². The molecule has 0 bridgehead atoms. The predicted octanol–water partition coefficient (Wildman–Crippen LogP) is 3.03. The second-order valence-corrected chi connectivity index (χ2v) is 7.09. The van der Waals surface area contributed by atoms with Crippen LogP contribution >= 0.6 is 34.8 Å². The van der Waals surface area contributed by atoms with E-state index in [-0.39, 0.29) is 23.9 Å². The van der Waals surface area contributed by atoms with Gasteiger partial charge in [-0.25, -0.2) is 0 Å². The Morgan fingerprint density at radius 1 is 1.37 bits per heavy atom. The molecule has 4 atom stereocenters. The minimum Gasteiger partial charge on any atom is -0.466 e. The number of nitrogens with two attached hydrogens (primary N) is 1. The van der Waals surface area contributed by atoms with Crippen molar-refractivity contribution in [3.8, 4) is 0 Å². The number of rotatable bonds is 5. The molecule has 1 aliphatic carbocycles. The van der Waals surface area contributed by atoms with Crippen molar-refractivity contribution in [1.29, 1.82) is 0 Å². The zero-order chi connectivity index (χ0) is 14.6. The van der Waals surface area contributed by atoms with E-state index in [0.29, 0.717) is 13.0 Å². The summed E-state index contributed by atoms with van der Waals surface area (Å²) in [5, 5.41) is 0. The van der Waals surface area contributed by atoms with Crippen LogP contribution in [0.3, 0.4) is 0 Å². The molecule has 0 heterocycles. The third-order valence-corrected chi connectivity index (χ3v) is 4.07. The topological polar surface area (TPSA) is 61.5 Å². The number of esters is 1. The summed E-state index contributed by atoms with van der Waals surface area (Å²) in [7, 11) is 0. The van der Waals surface area contributed by atoms with Gasteiger partial charge in [-0.2, -0.15) is 0 Å². The van der Waals surface area contributed by atoms with Crippen LogP contribution in [0.25, 0.3) is 0 Å². The lowest BCUT2D eigenvalue weighted by Gasteiger charge is -2.24. The molecule has 0 aromatic carbocycles. The fourth-order valence-electron chi connectivity index (χ4n) is 2.46. The molecule has 0 radical (unpaired) electrons. The molecule has 0 aromatic rings. The quantitative estimate of drug-likeness (QED) is 0.477. The highest BCUT2D eigenvalue weighted by molar-refractivity contribution is 6.68. The molecule has 2 N–H and O–H groups in total. The van der Waals surface area contributed by atoms with Crippen LogP contribution in [0.2, 0.25) is 0 Å². The van der Waals surface area contributed by atoms with Crippen molar-refractivity contribution in [2.45, 2.75) is 49.2 Å². The Balaban J connectivity index is 2.59. The molecule has 1 fully saturated rings. The Bertz CT molecular complexity index is 309. The maximum absolute atomic E-state index is 11.9. The number of halogens is 3. The van der Waals surface area contributed by atoms with Gasteiger partial charge < -0.3 is 15.2 Å². The minimum atomic E-state index is -1.66. The van der Waals surface area contributed by atoms with Crippen LogP contribution in [0.1, 0.15) is 33.1 Å².